The van der Waals surface area contributed by atoms with Crippen molar-refractivity contribution >= 4 is 17.9 Å². The highest BCUT2D eigenvalue weighted by atomic mass is 16.5. The number of hydrogen-bond acceptors (Lipinski definition) is 6. The van der Waals surface area contributed by atoms with Crippen molar-refractivity contribution in [3.8, 4) is 5.75 Å². The Hall–Kier alpha value is -3.74. The lowest BCUT2D eigenvalue weighted by atomic mass is 9.99. The first-order chi connectivity index (χ1) is 14.1. The summed E-state index contributed by atoms with van der Waals surface area (Å²) in [6.07, 6.45) is 9.93. The van der Waals surface area contributed by atoms with Gasteiger partial charge in [0.05, 0.1) is 13.2 Å². The molecule has 1 amide bonds. The molecule has 0 radical (unpaired) electrons. The van der Waals surface area contributed by atoms with E-state index in [4.69, 9.17) is 4.74 Å². The number of pyridine rings is 1. The van der Waals surface area contributed by atoms with Gasteiger partial charge < -0.3 is 15.0 Å². The SMILES string of the molecule is COc1ccc(C(NC(=O)C=Cc2cnc(N(C)C)nc2)c2ccncc2)cc1. The van der Waals surface area contributed by atoms with E-state index in [1.54, 1.807) is 38.0 Å². The molecule has 7 heteroatoms. The number of ether oxygens (including phenoxy) is 1. The van der Waals surface area contributed by atoms with Gasteiger partial charge in [0.15, 0.2) is 0 Å². The summed E-state index contributed by atoms with van der Waals surface area (Å²) in [5.74, 6) is 1.15. The second kappa shape index (κ2) is 9.45. The molecular formula is C22H23N5O2. The molecule has 1 aromatic carbocycles. The first-order valence-electron chi connectivity index (χ1n) is 9.08. The van der Waals surface area contributed by atoms with E-state index in [0.29, 0.717) is 5.95 Å². The molecule has 0 aliphatic rings. The molecule has 29 heavy (non-hydrogen) atoms. The summed E-state index contributed by atoms with van der Waals surface area (Å²) >= 11 is 0. The second-order valence-electron chi connectivity index (χ2n) is 6.54. The van der Waals surface area contributed by atoms with Crippen molar-refractivity contribution in [3.63, 3.8) is 0 Å². The van der Waals surface area contributed by atoms with Crippen molar-refractivity contribution in [2.75, 3.05) is 26.1 Å². The van der Waals surface area contributed by atoms with E-state index < -0.39 is 0 Å². The zero-order valence-corrected chi connectivity index (χ0v) is 16.6. The summed E-state index contributed by atoms with van der Waals surface area (Å²) in [5.41, 5.74) is 2.62. The van der Waals surface area contributed by atoms with E-state index in [1.165, 1.54) is 6.08 Å². The van der Waals surface area contributed by atoms with Crippen LogP contribution in [0.25, 0.3) is 6.08 Å². The van der Waals surface area contributed by atoms with Gasteiger partial charge in [-0.1, -0.05) is 12.1 Å². The standard InChI is InChI=1S/C22H23N5O2/c1-27(2)22-24-14-16(15-25-22)4-9-20(28)26-21(18-10-12-23-13-11-18)17-5-7-19(29-3)8-6-17/h4-15,21H,1-3H3,(H,26,28). The van der Waals surface area contributed by atoms with Crippen LogP contribution in [0.1, 0.15) is 22.7 Å². The van der Waals surface area contributed by atoms with Gasteiger partial charge in [0.25, 0.3) is 0 Å². The smallest absolute Gasteiger partial charge is 0.244 e. The van der Waals surface area contributed by atoms with Crippen LogP contribution in [0.15, 0.2) is 67.3 Å². The molecule has 1 atom stereocenters. The van der Waals surface area contributed by atoms with E-state index in [9.17, 15) is 4.79 Å². The highest BCUT2D eigenvalue weighted by molar-refractivity contribution is 5.92. The van der Waals surface area contributed by atoms with Crippen LogP contribution in [0.2, 0.25) is 0 Å². The number of amides is 1. The van der Waals surface area contributed by atoms with Crippen molar-refractivity contribution in [1.29, 1.82) is 0 Å². The van der Waals surface area contributed by atoms with E-state index in [1.807, 2.05) is 55.4 Å². The van der Waals surface area contributed by atoms with Crippen LogP contribution in [-0.2, 0) is 4.79 Å². The van der Waals surface area contributed by atoms with Gasteiger partial charge >= 0.3 is 0 Å². The van der Waals surface area contributed by atoms with Gasteiger partial charge in [0.2, 0.25) is 11.9 Å². The maximum atomic E-state index is 12.6. The molecule has 1 unspecified atom stereocenters. The minimum Gasteiger partial charge on any atom is -0.497 e. The van der Waals surface area contributed by atoms with Gasteiger partial charge in [-0.3, -0.25) is 9.78 Å². The lowest BCUT2D eigenvalue weighted by Crippen LogP contribution is -2.27. The largest absolute Gasteiger partial charge is 0.497 e. The van der Waals surface area contributed by atoms with Gasteiger partial charge in [0, 0.05) is 50.5 Å². The predicted octanol–water partition coefficient (Wildman–Crippen LogP) is 2.87. The minimum atomic E-state index is -0.312. The summed E-state index contributed by atoms with van der Waals surface area (Å²) in [7, 11) is 5.37. The summed E-state index contributed by atoms with van der Waals surface area (Å²) in [6, 6.07) is 11.1. The quantitative estimate of drug-likeness (QED) is 0.626. The molecule has 148 valence electrons. The molecule has 0 aliphatic carbocycles. The third-order valence-electron chi connectivity index (χ3n) is 4.26. The minimum absolute atomic E-state index is 0.223. The number of anilines is 1. The van der Waals surface area contributed by atoms with Crippen LogP contribution in [0.3, 0.4) is 0 Å². The maximum Gasteiger partial charge on any atom is 0.244 e. The van der Waals surface area contributed by atoms with E-state index in [2.05, 4.69) is 20.3 Å². The Balaban J connectivity index is 1.77. The lowest BCUT2D eigenvalue weighted by Gasteiger charge is -2.19. The summed E-state index contributed by atoms with van der Waals surface area (Å²) < 4.78 is 5.22. The van der Waals surface area contributed by atoms with Gasteiger partial charge in [0.1, 0.15) is 5.75 Å². The van der Waals surface area contributed by atoms with Crippen LogP contribution in [0, 0.1) is 0 Å². The second-order valence-corrected chi connectivity index (χ2v) is 6.54. The van der Waals surface area contributed by atoms with Crippen molar-refractivity contribution in [3.05, 3.63) is 84.0 Å². The number of nitrogens with one attached hydrogen (secondary N) is 1. The Kier molecular flexibility index (Phi) is 6.52. The number of carbonyl (C=O) groups excluding carboxylic acids is 1. The van der Waals surface area contributed by atoms with Gasteiger partial charge in [-0.25, -0.2) is 9.97 Å². The molecule has 3 rings (SSSR count). The molecule has 1 N–H and O–H groups in total. The van der Waals surface area contributed by atoms with Gasteiger partial charge in [-0.15, -0.1) is 0 Å². The molecule has 2 aromatic heterocycles. The van der Waals surface area contributed by atoms with Gasteiger partial charge in [-0.05, 0) is 41.5 Å². The zero-order chi connectivity index (χ0) is 20.6. The number of hydrogen-bond donors (Lipinski definition) is 1. The van der Waals surface area contributed by atoms with E-state index in [-0.39, 0.29) is 11.9 Å². The summed E-state index contributed by atoms with van der Waals surface area (Å²) in [4.78, 5) is 26.9. The van der Waals surface area contributed by atoms with Crippen molar-refractivity contribution in [2.24, 2.45) is 0 Å². The summed E-state index contributed by atoms with van der Waals surface area (Å²) in [6.45, 7) is 0. The first-order valence-corrected chi connectivity index (χ1v) is 9.08. The molecule has 0 spiro atoms. The molecule has 0 fully saturated rings. The molecule has 0 saturated heterocycles. The van der Waals surface area contributed by atoms with Crippen LogP contribution in [-0.4, -0.2) is 42.1 Å². The monoisotopic (exact) mass is 389 g/mol. The van der Waals surface area contributed by atoms with E-state index in [0.717, 1.165) is 22.4 Å². The first kappa shape index (κ1) is 20.0. The molecule has 3 aromatic rings. The average Bonchev–Trinajstić information content (AvgIpc) is 2.77. The number of methoxy groups -OCH3 is 1. The normalized spacial score (nSPS) is 11.8. The number of carbonyl (C=O) groups is 1. The van der Waals surface area contributed by atoms with Crippen LogP contribution in [0.4, 0.5) is 5.95 Å². The molecule has 0 aliphatic heterocycles. The molecule has 0 bridgehead atoms. The van der Waals surface area contributed by atoms with Crippen molar-refractivity contribution in [2.45, 2.75) is 6.04 Å². The number of benzene rings is 1. The fourth-order valence-corrected chi connectivity index (χ4v) is 2.72. The third kappa shape index (κ3) is 5.38. The van der Waals surface area contributed by atoms with Crippen LogP contribution in [0.5, 0.6) is 5.75 Å². The Bertz CT molecular complexity index is 955. The molecule has 0 saturated carbocycles. The highest BCUT2D eigenvalue weighted by Gasteiger charge is 2.16. The molecule has 2 heterocycles. The van der Waals surface area contributed by atoms with Crippen molar-refractivity contribution < 1.29 is 9.53 Å². The number of nitrogens with zero attached hydrogens (tertiary/aromatic N) is 4. The Morgan fingerprint density at radius 3 is 2.24 bits per heavy atom. The fraction of sp³-hybridized carbons (Fsp3) is 0.182. The van der Waals surface area contributed by atoms with Crippen LogP contribution < -0.4 is 15.0 Å². The highest BCUT2D eigenvalue weighted by Crippen LogP contribution is 2.24. The third-order valence-corrected chi connectivity index (χ3v) is 4.26. The number of aromatic nitrogens is 3. The Labute approximate surface area is 170 Å². The maximum absolute atomic E-state index is 12.6. The van der Waals surface area contributed by atoms with Crippen molar-refractivity contribution in [1.82, 2.24) is 20.3 Å². The predicted molar refractivity (Wildman–Crippen MR) is 113 cm³/mol. The van der Waals surface area contributed by atoms with Gasteiger partial charge in [-0.2, -0.15) is 0 Å². The Morgan fingerprint density at radius 1 is 1.03 bits per heavy atom. The lowest BCUT2D eigenvalue weighted by molar-refractivity contribution is -0.116. The van der Waals surface area contributed by atoms with Crippen LogP contribution >= 0.6 is 0 Å². The molecule has 7 nitrogen and oxygen atoms in total. The van der Waals surface area contributed by atoms with E-state index >= 15 is 0 Å². The Morgan fingerprint density at radius 2 is 1.66 bits per heavy atom. The fourth-order valence-electron chi connectivity index (χ4n) is 2.72. The topological polar surface area (TPSA) is 80.2 Å². The summed E-state index contributed by atoms with van der Waals surface area (Å²) in [5, 5.41) is 3.04. The number of rotatable bonds is 7. The molecular weight excluding hydrogens is 366 g/mol. The zero-order valence-electron chi connectivity index (χ0n) is 16.6. The average molecular weight is 389 g/mol.